The number of nitrogens with one attached hydrogen (secondary N) is 1. The van der Waals surface area contributed by atoms with Gasteiger partial charge in [0.1, 0.15) is 0 Å². The molecule has 0 aromatic carbocycles. The standard InChI is InChI=1S/C10H14N3/c1-2-4-12-10(3-1)9-13-7-5-11-6-8-13/h2-4,11H,5-9H2. The fraction of sp³-hybridized carbons (Fsp3) is 0.500. The van der Waals surface area contributed by atoms with Crippen LogP contribution in [0.3, 0.4) is 0 Å². The van der Waals surface area contributed by atoms with Crippen molar-refractivity contribution in [1.29, 1.82) is 0 Å². The third-order valence-electron chi connectivity index (χ3n) is 2.26. The minimum Gasteiger partial charge on any atom is -0.314 e. The van der Waals surface area contributed by atoms with Crippen molar-refractivity contribution in [2.24, 2.45) is 0 Å². The van der Waals surface area contributed by atoms with Crippen molar-refractivity contribution < 1.29 is 0 Å². The van der Waals surface area contributed by atoms with Crippen LogP contribution in [-0.4, -0.2) is 36.1 Å². The monoisotopic (exact) mass is 176 g/mol. The minimum absolute atomic E-state index is 0.957. The van der Waals surface area contributed by atoms with Crippen LogP contribution in [0.1, 0.15) is 5.69 Å². The van der Waals surface area contributed by atoms with Crippen molar-refractivity contribution >= 4 is 0 Å². The summed E-state index contributed by atoms with van der Waals surface area (Å²) in [5.74, 6) is 0. The van der Waals surface area contributed by atoms with E-state index in [9.17, 15) is 0 Å². The predicted molar refractivity (Wildman–Crippen MR) is 51.2 cm³/mol. The van der Waals surface area contributed by atoms with Gasteiger partial charge in [-0.1, -0.05) is 0 Å². The summed E-state index contributed by atoms with van der Waals surface area (Å²) in [6, 6.07) is 6.84. The molecule has 2 rings (SSSR count). The number of hydrogen-bond acceptors (Lipinski definition) is 3. The second-order valence-corrected chi connectivity index (χ2v) is 3.27. The molecule has 3 heteroatoms. The highest BCUT2D eigenvalue weighted by molar-refractivity contribution is 5.01. The molecular formula is C10H14N3. The van der Waals surface area contributed by atoms with Gasteiger partial charge in [0.15, 0.2) is 0 Å². The Kier molecular flexibility index (Phi) is 2.90. The molecule has 0 aliphatic carbocycles. The molecule has 69 valence electrons. The van der Waals surface area contributed by atoms with E-state index in [1.807, 2.05) is 12.1 Å². The Morgan fingerprint density at radius 3 is 3.00 bits per heavy atom. The van der Waals surface area contributed by atoms with Gasteiger partial charge >= 0.3 is 0 Å². The van der Waals surface area contributed by atoms with E-state index in [1.54, 1.807) is 6.20 Å². The topological polar surface area (TPSA) is 28.2 Å². The van der Waals surface area contributed by atoms with E-state index < -0.39 is 0 Å². The lowest BCUT2D eigenvalue weighted by atomic mass is 10.3. The highest BCUT2D eigenvalue weighted by atomic mass is 15.2. The Morgan fingerprint density at radius 1 is 1.46 bits per heavy atom. The van der Waals surface area contributed by atoms with Crippen molar-refractivity contribution in [1.82, 2.24) is 15.2 Å². The molecule has 2 heterocycles. The second-order valence-electron chi connectivity index (χ2n) is 3.27. The van der Waals surface area contributed by atoms with Gasteiger partial charge in [0.2, 0.25) is 0 Å². The van der Waals surface area contributed by atoms with E-state index >= 15 is 0 Å². The normalized spacial score (nSPS) is 18.8. The summed E-state index contributed by atoms with van der Waals surface area (Å²) in [7, 11) is 0. The van der Waals surface area contributed by atoms with Crippen LogP contribution in [0.2, 0.25) is 0 Å². The van der Waals surface area contributed by atoms with Crippen LogP contribution >= 0.6 is 0 Å². The van der Waals surface area contributed by atoms with Crippen molar-refractivity contribution in [3.63, 3.8) is 0 Å². The molecule has 0 saturated carbocycles. The van der Waals surface area contributed by atoms with Gasteiger partial charge in [-0.3, -0.25) is 9.88 Å². The van der Waals surface area contributed by atoms with Gasteiger partial charge < -0.3 is 5.32 Å². The van der Waals surface area contributed by atoms with Crippen LogP contribution in [0.4, 0.5) is 0 Å². The van der Waals surface area contributed by atoms with E-state index in [4.69, 9.17) is 0 Å². The van der Waals surface area contributed by atoms with Gasteiger partial charge in [0, 0.05) is 38.9 Å². The highest BCUT2D eigenvalue weighted by Gasteiger charge is 2.09. The second kappa shape index (κ2) is 4.35. The van der Waals surface area contributed by atoms with E-state index in [0.29, 0.717) is 0 Å². The summed E-state index contributed by atoms with van der Waals surface area (Å²) in [5.41, 5.74) is 1.12. The molecule has 1 aliphatic heterocycles. The third kappa shape index (κ3) is 2.50. The number of nitrogens with zero attached hydrogens (tertiary/aromatic N) is 2. The van der Waals surface area contributed by atoms with Crippen LogP contribution < -0.4 is 5.32 Å². The zero-order valence-electron chi connectivity index (χ0n) is 7.66. The number of piperazine rings is 1. The van der Waals surface area contributed by atoms with Gasteiger partial charge in [-0.2, -0.15) is 0 Å². The highest BCUT2D eigenvalue weighted by Crippen LogP contribution is 2.01. The van der Waals surface area contributed by atoms with E-state index in [1.165, 1.54) is 0 Å². The molecule has 3 nitrogen and oxygen atoms in total. The molecule has 13 heavy (non-hydrogen) atoms. The number of rotatable bonds is 2. The quantitative estimate of drug-likeness (QED) is 0.702. The molecule has 0 amide bonds. The zero-order chi connectivity index (χ0) is 8.93. The average molecular weight is 176 g/mol. The Morgan fingerprint density at radius 2 is 2.31 bits per heavy atom. The van der Waals surface area contributed by atoms with Gasteiger partial charge in [0.25, 0.3) is 0 Å². The summed E-state index contributed by atoms with van der Waals surface area (Å²) < 4.78 is 0. The first-order chi connectivity index (χ1) is 6.45. The number of aromatic nitrogens is 1. The summed E-state index contributed by atoms with van der Waals surface area (Å²) in [6.07, 6.45) is 1.80. The maximum absolute atomic E-state index is 4.28. The van der Waals surface area contributed by atoms with Gasteiger partial charge in [-0.05, 0) is 18.2 Å². The fourth-order valence-electron chi connectivity index (χ4n) is 1.54. The molecule has 0 bridgehead atoms. The summed E-state index contributed by atoms with van der Waals surface area (Å²) in [5, 5.41) is 3.33. The van der Waals surface area contributed by atoms with Gasteiger partial charge in [-0.15, -0.1) is 0 Å². The molecule has 1 radical (unpaired) electrons. The maximum atomic E-state index is 4.28. The average Bonchev–Trinajstić information content (AvgIpc) is 2.21. The van der Waals surface area contributed by atoms with Crippen molar-refractivity contribution in [2.45, 2.75) is 6.54 Å². The third-order valence-corrected chi connectivity index (χ3v) is 2.26. The van der Waals surface area contributed by atoms with Crippen LogP contribution in [0, 0.1) is 6.07 Å². The molecule has 0 spiro atoms. The Balaban J connectivity index is 1.90. The molecule has 1 aromatic rings. The predicted octanol–water partition coefficient (Wildman–Crippen LogP) is 0.287. The van der Waals surface area contributed by atoms with Crippen LogP contribution in [-0.2, 0) is 6.54 Å². The first-order valence-electron chi connectivity index (χ1n) is 4.69. The molecule has 1 saturated heterocycles. The Labute approximate surface area is 78.8 Å². The van der Waals surface area contributed by atoms with E-state index in [2.05, 4.69) is 21.3 Å². The van der Waals surface area contributed by atoms with Gasteiger partial charge in [-0.25, -0.2) is 0 Å². The maximum Gasteiger partial charge on any atom is 0.0550 e. The molecule has 0 atom stereocenters. The molecule has 1 aliphatic rings. The Bertz CT molecular complexity index is 242. The molecule has 0 unspecified atom stereocenters. The number of pyridine rings is 1. The smallest absolute Gasteiger partial charge is 0.0550 e. The van der Waals surface area contributed by atoms with Gasteiger partial charge in [0.05, 0.1) is 5.69 Å². The SMILES string of the molecule is [c]1ccnc(CN2CCNCC2)c1. The first-order valence-corrected chi connectivity index (χ1v) is 4.69. The van der Waals surface area contributed by atoms with Crippen LogP contribution in [0.25, 0.3) is 0 Å². The lowest BCUT2D eigenvalue weighted by Crippen LogP contribution is -2.43. The molecule has 1 fully saturated rings. The molecule has 1 aromatic heterocycles. The number of hydrogen-bond donors (Lipinski definition) is 1. The summed E-state index contributed by atoms with van der Waals surface area (Å²) in [4.78, 5) is 6.69. The van der Waals surface area contributed by atoms with E-state index in [-0.39, 0.29) is 0 Å². The first kappa shape index (κ1) is 8.66. The summed E-state index contributed by atoms with van der Waals surface area (Å²) in [6.45, 7) is 5.39. The largest absolute Gasteiger partial charge is 0.314 e. The van der Waals surface area contributed by atoms with Crippen LogP contribution in [0.5, 0.6) is 0 Å². The van der Waals surface area contributed by atoms with E-state index in [0.717, 1.165) is 38.4 Å². The fourth-order valence-corrected chi connectivity index (χ4v) is 1.54. The van der Waals surface area contributed by atoms with Crippen LogP contribution in [0.15, 0.2) is 18.3 Å². The van der Waals surface area contributed by atoms with Crippen molar-refractivity contribution in [3.05, 3.63) is 30.1 Å². The Hall–Kier alpha value is -0.930. The summed E-state index contributed by atoms with van der Waals surface area (Å²) >= 11 is 0. The lowest BCUT2D eigenvalue weighted by Gasteiger charge is -2.26. The van der Waals surface area contributed by atoms with Crippen molar-refractivity contribution in [3.8, 4) is 0 Å². The minimum atomic E-state index is 0.957. The van der Waals surface area contributed by atoms with Crippen molar-refractivity contribution in [2.75, 3.05) is 26.2 Å². The lowest BCUT2D eigenvalue weighted by molar-refractivity contribution is 0.231. The zero-order valence-corrected chi connectivity index (χ0v) is 7.66. The molecular weight excluding hydrogens is 162 g/mol. The molecule has 1 N–H and O–H groups in total.